The Labute approximate surface area is 111 Å². The van der Waals surface area contributed by atoms with Crippen molar-refractivity contribution in [2.75, 3.05) is 11.9 Å². The van der Waals surface area contributed by atoms with Crippen molar-refractivity contribution in [3.05, 3.63) is 35.9 Å². The summed E-state index contributed by atoms with van der Waals surface area (Å²) < 4.78 is -1.37. The molecule has 1 nitrogen and oxygen atoms in total. The highest BCUT2D eigenvalue weighted by atomic mass is 35.6. The number of fused-ring (bicyclic) bond motifs is 1. The number of alkyl halides is 3. The van der Waals surface area contributed by atoms with Crippen molar-refractivity contribution in [2.24, 2.45) is 0 Å². The molecule has 1 aromatic rings. The summed E-state index contributed by atoms with van der Waals surface area (Å²) in [6.45, 7) is 1.91. The van der Waals surface area contributed by atoms with Gasteiger partial charge in [0, 0.05) is 12.7 Å². The summed E-state index contributed by atoms with van der Waals surface area (Å²) in [7, 11) is 1.93. The summed E-state index contributed by atoms with van der Waals surface area (Å²) in [5.41, 5.74) is 1.57. The van der Waals surface area contributed by atoms with Gasteiger partial charge in [-0.3, -0.25) is 0 Å². The number of likely N-dealkylation sites (N-methyl/N-ethyl adjacent to an activating group) is 1. The number of hydrogen-bond donors (Lipinski definition) is 0. The molecule has 0 saturated heterocycles. The maximum atomic E-state index is 6.05. The van der Waals surface area contributed by atoms with Gasteiger partial charge in [0.25, 0.3) is 0 Å². The van der Waals surface area contributed by atoms with E-state index in [1.807, 2.05) is 55.3 Å². The molecule has 0 saturated carbocycles. The van der Waals surface area contributed by atoms with Crippen LogP contribution in [0.3, 0.4) is 0 Å². The maximum Gasteiger partial charge on any atom is 0.216 e. The first-order chi connectivity index (χ1) is 7.36. The van der Waals surface area contributed by atoms with Gasteiger partial charge in [0.15, 0.2) is 0 Å². The summed E-state index contributed by atoms with van der Waals surface area (Å²) in [6, 6.07) is 8.04. The zero-order chi connectivity index (χ0) is 12.0. The van der Waals surface area contributed by atoms with Crippen LogP contribution in [-0.4, -0.2) is 16.4 Å². The molecule has 1 aromatic carbocycles. The Morgan fingerprint density at radius 1 is 1.19 bits per heavy atom. The Morgan fingerprint density at radius 3 is 2.44 bits per heavy atom. The van der Waals surface area contributed by atoms with Gasteiger partial charge in [-0.15, -0.1) is 0 Å². The van der Waals surface area contributed by atoms with Crippen LogP contribution >= 0.6 is 34.8 Å². The predicted molar refractivity (Wildman–Crippen MR) is 72.6 cm³/mol. The third-order valence-corrected chi connectivity index (χ3v) is 4.30. The van der Waals surface area contributed by atoms with Crippen LogP contribution in [0.4, 0.5) is 5.69 Å². The zero-order valence-electron chi connectivity index (χ0n) is 9.05. The average Bonchev–Trinajstić information content (AvgIpc) is 2.22. The molecule has 0 amide bonds. The lowest BCUT2D eigenvalue weighted by Crippen LogP contribution is -2.53. The number of nitrogens with zero attached hydrogens (tertiary/aromatic N) is 1. The monoisotopic (exact) mass is 275 g/mol. The fourth-order valence-electron chi connectivity index (χ4n) is 1.83. The van der Waals surface area contributed by atoms with Crippen LogP contribution in [0.2, 0.25) is 0 Å². The molecule has 1 aliphatic rings. The molecule has 1 atom stereocenters. The van der Waals surface area contributed by atoms with Crippen LogP contribution in [0.5, 0.6) is 0 Å². The Morgan fingerprint density at radius 2 is 1.81 bits per heavy atom. The van der Waals surface area contributed by atoms with Crippen molar-refractivity contribution in [2.45, 2.75) is 16.3 Å². The molecule has 4 heteroatoms. The largest absolute Gasteiger partial charge is 0.361 e. The fraction of sp³-hybridized carbons (Fsp3) is 0.333. The molecule has 0 radical (unpaired) electrons. The SMILES string of the molecule is CN1c2ccccc2C=CC1(C)C(Cl)(Cl)Cl. The number of rotatable bonds is 0. The van der Waals surface area contributed by atoms with Gasteiger partial charge >= 0.3 is 0 Å². The Kier molecular flexibility index (Phi) is 2.90. The number of hydrogen-bond acceptors (Lipinski definition) is 1. The van der Waals surface area contributed by atoms with Gasteiger partial charge in [0.05, 0.1) is 0 Å². The van der Waals surface area contributed by atoms with Crippen LogP contribution in [-0.2, 0) is 0 Å². The maximum absolute atomic E-state index is 6.05. The molecule has 0 spiro atoms. The lowest BCUT2D eigenvalue weighted by molar-refractivity contribution is 0.555. The number of halogens is 3. The van der Waals surface area contributed by atoms with E-state index in [0.717, 1.165) is 11.3 Å². The van der Waals surface area contributed by atoms with E-state index in [2.05, 4.69) is 0 Å². The van der Waals surface area contributed by atoms with Gasteiger partial charge < -0.3 is 4.90 Å². The molecule has 2 rings (SSSR count). The lowest BCUT2D eigenvalue weighted by Gasteiger charge is -2.45. The summed E-state index contributed by atoms with van der Waals surface area (Å²) in [4.78, 5) is 2.00. The second-order valence-electron chi connectivity index (χ2n) is 4.10. The van der Waals surface area contributed by atoms with Gasteiger partial charge in [-0.05, 0) is 18.6 Å². The standard InChI is InChI=1S/C12H12Cl3N/c1-11(12(13,14)15)8-7-9-5-3-4-6-10(9)16(11)2/h3-8H,1-2H3. The molecule has 0 aliphatic carbocycles. The van der Waals surface area contributed by atoms with Gasteiger partial charge in [-0.1, -0.05) is 65.2 Å². The molecule has 16 heavy (non-hydrogen) atoms. The van der Waals surface area contributed by atoms with Crippen molar-refractivity contribution >= 4 is 46.6 Å². The molecule has 1 heterocycles. The van der Waals surface area contributed by atoms with E-state index < -0.39 is 9.33 Å². The van der Waals surface area contributed by atoms with E-state index in [0.29, 0.717) is 0 Å². The molecule has 1 aliphatic heterocycles. The first kappa shape index (κ1) is 12.1. The highest BCUT2D eigenvalue weighted by Gasteiger charge is 2.47. The predicted octanol–water partition coefficient (Wildman–Crippen LogP) is 4.28. The van der Waals surface area contributed by atoms with E-state index in [1.165, 1.54) is 0 Å². The summed E-state index contributed by atoms with van der Waals surface area (Å²) in [5.74, 6) is 0. The van der Waals surface area contributed by atoms with Crippen molar-refractivity contribution in [3.8, 4) is 0 Å². The van der Waals surface area contributed by atoms with Crippen LogP contribution in [0.1, 0.15) is 12.5 Å². The number of anilines is 1. The lowest BCUT2D eigenvalue weighted by atomic mass is 9.94. The van der Waals surface area contributed by atoms with Crippen LogP contribution < -0.4 is 4.90 Å². The number of para-hydroxylation sites is 1. The third kappa shape index (κ3) is 1.71. The number of benzene rings is 1. The minimum Gasteiger partial charge on any atom is -0.361 e. The van der Waals surface area contributed by atoms with Crippen LogP contribution in [0.25, 0.3) is 6.08 Å². The minimum atomic E-state index is -1.37. The van der Waals surface area contributed by atoms with Gasteiger partial charge in [0.1, 0.15) is 5.54 Å². The van der Waals surface area contributed by atoms with Gasteiger partial charge in [0.2, 0.25) is 3.79 Å². The molecule has 86 valence electrons. The molecule has 0 N–H and O–H groups in total. The third-order valence-electron chi connectivity index (χ3n) is 3.16. The van der Waals surface area contributed by atoms with Crippen molar-refractivity contribution in [1.29, 1.82) is 0 Å². The van der Waals surface area contributed by atoms with E-state index in [1.54, 1.807) is 0 Å². The normalized spacial score (nSPS) is 24.4. The highest BCUT2D eigenvalue weighted by Crippen LogP contribution is 2.47. The molecule has 0 aromatic heterocycles. The summed E-state index contributed by atoms with van der Waals surface area (Å²) in [5, 5.41) is 0. The summed E-state index contributed by atoms with van der Waals surface area (Å²) in [6.07, 6.45) is 3.93. The molecular weight excluding hydrogens is 264 g/mol. The first-order valence-electron chi connectivity index (χ1n) is 4.95. The highest BCUT2D eigenvalue weighted by molar-refractivity contribution is 6.68. The van der Waals surface area contributed by atoms with Crippen molar-refractivity contribution in [1.82, 2.24) is 0 Å². The van der Waals surface area contributed by atoms with Gasteiger partial charge in [-0.2, -0.15) is 0 Å². The van der Waals surface area contributed by atoms with E-state index >= 15 is 0 Å². The minimum absolute atomic E-state index is 0.633. The average molecular weight is 277 g/mol. The molecule has 0 fully saturated rings. The quantitative estimate of drug-likeness (QED) is 0.639. The van der Waals surface area contributed by atoms with E-state index in [9.17, 15) is 0 Å². The smallest absolute Gasteiger partial charge is 0.216 e. The molecule has 1 unspecified atom stereocenters. The van der Waals surface area contributed by atoms with Crippen LogP contribution in [0.15, 0.2) is 30.3 Å². The van der Waals surface area contributed by atoms with Crippen molar-refractivity contribution < 1.29 is 0 Å². The summed E-state index contributed by atoms with van der Waals surface area (Å²) >= 11 is 18.2. The second-order valence-corrected chi connectivity index (χ2v) is 6.38. The second kappa shape index (κ2) is 3.83. The Bertz CT molecular complexity index is 436. The fourth-order valence-corrected chi connectivity index (χ4v) is 2.40. The molecule has 0 bridgehead atoms. The Balaban J connectivity index is 2.53. The Hall–Kier alpha value is -0.370. The van der Waals surface area contributed by atoms with Gasteiger partial charge in [-0.25, -0.2) is 0 Å². The zero-order valence-corrected chi connectivity index (χ0v) is 11.3. The van der Waals surface area contributed by atoms with E-state index in [4.69, 9.17) is 34.8 Å². The van der Waals surface area contributed by atoms with Crippen LogP contribution in [0, 0.1) is 0 Å². The van der Waals surface area contributed by atoms with Crippen molar-refractivity contribution in [3.63, 3.8) is 0 Å². The molecular formula is C12H12Cl3N. The first-order valence-corrected chi connectivity index (χ1v) is 6.08. The topological polar surface area (TPSA) is 3.24 Å². The van der Waals surface area contributed by atoms with E-state index in [-0.39, 0.29) is 0 Å².